The van der Waals surface area contributed by atoms with Crippen LogP contribution in [0.15, 0.2) is 34.1 Å². The Kier molecular flexibility index (Phi) is 4.11. The molecule has 0 aliphatic rings. The minimum Gasteiger partial charge on any atom is -0.465 e. The lowest BCUT2D eigenvalue weighted by molar-refractivity contribution is 0.0600. The topological polar surface area (TPSA) is 52.1 Å². The molecule has 0 spiro atoms. The maximum absolute atomic E-state index is 11.3. The third kappa shape index (κ3) is 3.28. The molecule has 0 N–H and O–H groups in total. The number of thioether (sulfide) groups is 1. The SMILES string of the molecule is COC(=O)c1cccc(CSc2nncs2)c1. The number of rotatable bonds is 4. The molecule has 6 heteroatoms. The van der Waals surface area contributed by atoms with Crippen molar-refractivity contribution < 1.29 is 9.53 Å². The van der Waals surface area contributed by atoms with Crippen LogP contribution in [-0.4, -0.2) is 23.3 Å². The van der Waals surface area contributed by atoms with Crippen molar-refractivity contribution in [3.63, 3.8) is 0 Å². The summed E-state index contributed by atoms with van der Waals surface area (Å²) in [4.78, 5) is 11.3. The Morgan fingerprint density at radius 1 is 1.53 bits per heavy atom. The molecule has 0 saturated heterocycles. The molecular formula is C11H10N2O2S2. The van der Waals surface area contributed by atoms with Gasteiger partial charge >= 0.3 is 5.97 Å². The number of aromatic nitrogens is 2. The largest absolute Gasteiger partial charge is 0.465 e. The first-order chi connectivity index (χ1) is 8.29. The minimum absolute atomic E-state index is 0.312. The number of ether oxygens (including phenoxy) is 1. The van der Waals surface area contributed by atoms with E-state index >= 15 is 0 Å². The van der Waals surface area contributed by atoms with Gasteiger partial charge in [0.2, 0.25) is 0 Å². The molecule has 0 aliphatic carbocycles. The van der Waals surface area contributed by atoms with Crippen LogP contribution in [0.5, 0.6) is 0 Å². The van der Waals surface area contributed by atoms with Crippen LogP contribution in [0.25, 0.3) is 0 Å². The van der Waals surface area contributed by atoms with Crippen LogP contribution in [0.4, 0.5) is 0 Å². The van der Waals surface area contributed by atoms with E-state index in [9.17, 15) is 4.79 Å². The summed E-state index contributed by atoms with van der Waals surface area (Å²) in [6.07, 6.45) is 0. The molecule has 1 aromatic carbocycles. The fourth-order valence-electron chi connectivity index (χ4n) is 1.28. The van der Waals surface area contributed by atoms with Crippen LogP contribution in [0, 0.1) is 0 Å². The Bertz CT molecular complexity index is 500. The van der Waals surface area contributed by atoms with E-state index in [-0.39, 0.29) is 5.97 Å². The summed E-state index contributed by atoms with van der Waals surface area (Å²) in [6, 6.07) is 7.40. The van der Waals surface area contributed by atoms with Gasteiger partial charge in [-0.15, -0.1) is 10.2 Å². The molecule has 0 aliphatic heterocycles. The highest BCUT2D eigenvalue weighted by Gasteiger charge is 2.06. The number of hydrogen-bond acceptors (Lipinski definition) is 6. The van der Waals surface area contributed by atoms with Crippen LogP contribution >= 0.6 is 23.1 Å². The molecule has 0 amide bonds. The second-order valence-corrected chi connectivity index (χ2v) is 5.24. The van der Waals surface area contributed by atoms with E-state index in [0.29, 0.717) is 5.56 Å². The zero-order valence-corrected chi connectivity index (χ0v) is 10.8. The van der Waals surface area contributed by atoms with Crippen LogP contribution in [0.3, 0.4) is 0 Å². The number of carbonyl (C=O) groups excluding carboxylic acids is 1. The van der Waals surface area contributed by atoms with Gasteiger partial charge in [-0.1, -0.05) is 35.2 Å². The molecule has 0 fully saturated rings. The molecular weight excluding hydrogens is 256 g/mol. The molecule has 1 heterocycles. The predicted molar refractivity (Wildman–Crippen MR) is 67.3 cm³/mol. The lowest BCUT2D eigenvalue weighted by atomic mass is 10.1. The zero-order chi connectivity index (χ0) is 12.1. The first kappa shape index (κ1) is 12.1. The summed E-state index contributed by atoms with van der Waals surface area (Å²) < 4.78 is 5.60. The van der Waals surface area contributed by atoms with E-state index in [0.717, 1.165) is 15.7 Å². The van der Waals surface area contributed by atoms with Crippen molar-refractivity contribution in [2.45, 2.75) is 10.1 Å². The summed E-state index contributed by atoms with van der Waals surface area (Å²) in [5.74, 6) is 0.452. The van der Waals surface area contributed by atoms with Gasteiger partial charge in [0, 0.05) is 5.75 Å². The van der Waals surface area contributed by atoms with Gasteiger partial charge in [0.25, 0.3) is 0 Å². The predicted octanol–water partition coefficient (Wildman–Crippen LogP) is 2.62. The van der Waals surface area contributed by atoms with Gasteiger partial charge in [0.15, 0.2) is 4.34 Å². The Balaban J connectivity index is 2.03. The van der Waals surface area contributed by atoms with Crippen molar-refractivity contribution >= 4 is 29.1 Å². The summed E-state index contributed by atoms with van der Waals surface area (Å²) in [5, 5.41) is 7.71. The molecule has 88 valence electrons. The van der Waals surface area contributed by atoms with E-state index in [1.807, 2.05) is 18.2 Å². The summed E-state index contributed by atoms with van der Waals surface area (Å²) in [7, 11) is 1.38. The second-order valence-electron chi connectivity index (χ2n) is 3.19. The maximum Gasteiger partial charge on any atom is 0.337 e. The highest BCUT2D eigenvalue weighted by Crippen LogP contribution is 2.23. The lowest BCUT2D eigenvalue weighted by Crippen LogP contribution is -2.01. The molecule has 2 rings (SSSR count). The Morgan fingerprint density at radius 2 is 2.41 bits per heavy atom. The first-order valence-corrected chi connectivity index (χ1v) is 6.72. The van der Waals surface area contributed by atoms with Gasteiger partial charge in [-0.2, -0.15) is 0 Å². The molecule has 0 atom stereocenters. The summed E-state index contributed by atoms with van der Waals surface area (Å²) >= 11 is 3.11. The molecule has 0 saturated carbocycles. The van der Waals surface area contributed by atoms with Gasteiger partial charge in [0.05, 0.1) is 12.7 Å². The molecule has 4 nitrogen and oxygen atoms in total. The fraction of sp³-hybridized carbons (Fsp3) is 0.182. The number of nitrogens with zero attached hydrogens (tertiary/aromatic N) is 2. The van der Waals surface area contributed by atoms with E-state index in [1.54, 1.807) is 23.3 Å². The quantitative estimate of drug-likeness (QED) is 0.629. The van der Waals surface area contributed by atoms with E-state index in [1.165, 1.54) is 18.4 Å². The van der Waals surface area contributed by atoms with Crippen LogP contribution in [0.2, 0.25) is 0 Å². The minimum atomic E-state index is -0.312. The Hall–Kier alpha value is -1.40. The van der Waals surface area contributed by atoms with Crippen LogP contribution in [-0.2, 0) is 10.5 Å². The molecule has 0 radical (unpaired) electrons. The number of carbonyl (C=O) groups is 1. The van der Waals surface area contributed by atoms with Gasteiger partial charge in [0.1, 0.15) is 5.51 Å². The van der Waals surface area contributed by atoms with Gasteiger partial charge in [-0.05, 0) is 17.7 Å². The van der Waals surface area contributed by atoms with Crippen molar-refractivity contribution in [2.24, 2.45) is 0 Å². The monoisotopic (exact) mass is 266 g/mol. The normalized spacial score (nSPS) is 10.2. The van der Waals surface area contributed by atoms with E-state index < -0.39 is 0 Å². The standard InChI is InChI=1S/C11H10N2O2S2/c1-15-10(14)9-4-2-3-8(5-9)6-16-11-13-12-7-17-11/h2-5,7H,6H2,1H3. The van der Waals surface area contributed by atoms with E-state index in [2.05, 4.69) is 14.9 Å². The number of benzene rings is 1. The average molecular weight is 266 g/mol. The fourth-order valence-corrected chi connectivity index (χ4v) is 2.71. The number of hydrogen-bond donors (Lipinski definition) is 0. The van der Waals surface area contributed by atoms with E-state index in [4.69, 9.17) is 0 Å². The maximum atomic E-state index is 11.3. The Morgan fingerprint density at radius 3 is 3.12 bits per heavy atom. The molecule has 2 aromatic rings. The van der Waals surface area contributed by atoms with Crippen molar-refractivity contribution in [2.75, 3.05) is 7.11 Å². The van der Waals surface area contributed by atoms with Crippen molar-refractivity contribution in [1.29, 1.82) is 0 Å². The lowest BCUT2D eigenvalue weighted by Gasteiger charge is -2.02. The zero-order valence-electron chi connectivity index (χ0n) is 9.12. The molecule has 0 unspecified atom stereocenters. The smallest absolute Gasteiger partial charge is 0.337 e. The Labute approximate surface area is 107 Å². The highest BCUT2D eigenvalue weighted by molar-refractivity contribution is 8.00. The third-order valence-corrected chi connectivity index (χ3v) is 3.98. The summed E-state index contributed by atoms with van der Waals surface area (Å²) in [5.41, 5.74) is 3.34. The number of methoxy groups -OCH3 is 1. The number of esters is 1. The molecule has 17 heavy (non-hydrogen) atoms. The summed E-state index contributed by atoms with van der Waals surface area (Å²) in [6.45, 7) is 0. The van der Waals surface area contributed by atoms with Gasteiger partial charge < -0.3 is 4.74 Å². The first-order valence-electron chi connectivity index (χ1n) is 4.86. The molecule has 1 aromatic heterocycles. The van der Waals surface area contributed by atoms with Crippen molar-refractivity contribution in [3.8, 4) is 0 Å². The van der Waals surface area contributed by atoms with Crippen molar-refractivity contribution in [1.82, 2.24) is 10.2 Å². The van der Waals surface area contributed by atoms with Crippen molar-refractivity contribution in [3.05, 3.63) is 40.9 Å². The highest BCUT2D eigenvalue weighted by atomic mass is 32.2. The average Bonchev–Trinajstić information content (AvgIpc) is 2.89. The van der Waals surface area contributed by atoms with Crippen LogP contribution in [0.1, 0.15) is 15.9 Å². The van der Waals surface area contributed by atoms with Crippen LogP contribution < -0.4 is 0 Å². The van der Waals surface area contributed by atoms with Gasteiger partial charge in [-0.3, -0.25) is 0 Å². The third-order valence-electron chi connectivity index (χ3n) is 2.05. The van der Waals surface area contributed by atoms with Gasteiger partial charge in [-0.25, -0.2) is 4.79 Å². The second kappa shape index (κ2) is 5.79. The molecule has 0 bridgehead atoms.